The molecule has 0 fully saturated rings. The number of rotatable bonds is 2. The molecule has 0 N–H and O–H groups in total. The molecule has 13 heavy (non-hydrogen) atoms. The molecule has 0 bridgehead atoms. The van der Waals surface area contributed by atoms with Crippen LogP contribution in [0.2, 0.25) is 0 Å². The van der Waals surface area contributed by atoms with Crippen molar-refractivity contribution in [1.82, 2.24) is 0 Å². The molecule has 0 heterocycles. The van der Waals surface area contributed by atoms with E-state index in [-0.39, 0.29) is 6.42 Å². The Morgan fingerprint density at radius 3 is 2.08 bits per heavy atom. The summed E-state index contributed by atoms with van der Waals surface area (Å²) in [5, 5.41) is 0. The molecule has 0 amide bonds. The van der Waals surface area contributed by atoms with Crippen LogP contribution < -0.4 is 0 Å². The molecule has 0 spiro atoms. The highest BCUT2D eigenvalue weighted by molar-refractivity contribution is 5.55. The molecule has 0 unspecified atom stereocenters. The van der Waals surface area contributed by atoms with Crippen LogP contribution in [0.5, 0.6) is 0 Å². The molecule has 0 aliphatic carbocycles. The Hall–Kier alpha value is -1.32. The lowest BCUT2D eigenvalue weighted by Crippen LogP contribution is -2.04. The molecular formula is C9H6F3O. The summed E-state index contributed by atoms with van der Waals surface area (Å²) in [5.74, 6) is 0. The van der Waals surface area contributed by atoms with Gasteiger partial charge in [0.05, 0.1) is 5.56 Å². The highest BCUT2D eigenvalue weighted by Crippen LogP contribution is 2.28. The summed E-state index contributed by atoms with van der Waals surface area (Å²) in [4.78, 5) is 9.91. The summed E-state index contributed by atoms with van der Waals surface area (Å²) in [6, 6.07) is 4.45. The van der Waals surface area contributed by atoms with Gasteiger partial charge in [-0.3, -0.25) is 4.79 Å². The molecule has 4 heteroatoms. The SMILES string of the molecule is O=[C]Cc1ccc(C(F)(F)F)cc1. The van der Waals surface area contributed by atoms with E-state index in [9.17, 15) is 18.0 Å². The van der Waals surface area contributed by atoms with Gasteiger partial charge in [0.1, 0.15) is 0 Å². The van der Waals surface area contributed by atoms with Crippen molar-refractivity contribution in [2.75, 3.05) is 0 Å². The van der Waals surface area contributed by atoms with Crippen LogP contribution in [-0.4, -0.2) is 6.29 Å². The second-order valence-corrected chi connectivity index (χ2v) is 2.52. The van der Waals surface area contributed by atoms with Crippen LogP contribution in [0.1, 0.15) is 11.1 Å². The Labute approximate surface area is 73.2 Å². The van der Waals surface area contributed by atoms with Gasteiger partial charge in [0.2, 0.25) is 6.29 Å². The summed E-state index contributed by atoms with van der Waals surface area (Å²) >= 11 is 0. The fourth-order valence-corrected chi connectivity index (χ4v) is 0.895. The van der Waals surface area contributed by atoms with Crippen molar-refractivity contribution in [3.05, 3.63) is 35.4 Å². The first kappa shape index (κ1) is 9.77. The number of alkyl halides is 3. The molecule has 0 atom stereocenters. The van der Waals surface area contributed by atoms with Gasteiger partial charge in [0.25, 0.3) is 0 Å². The fraction of sp³-hybridized carbons (Fsp3) is 0.222. The minimum atomic E-state index is -4.32. The first-order valence-electron chi connectivity index (χ1n) is 3.55. The highest BCUT2D eigenvalue weighted by atomic mass is 19.4. The van der Waals surface area contributed by atoms with Gasteiger partial charge in [0, 0.05) is 6.42 Å². The molecule has 1 radical (unpaired) electrons. The average molecular weight is 187 g/mol. The van der Waals surface area contributed by atoms with Gasteiger partial charge in [-0.05, 0) is 17.7 Å². The van der Waals surface area contributed by atoms with Gasteiger partial charge in [0.15, 0.2) is 0 Å². The lowest BCUT2D eigenvalue weighted by molar-refractivity contribution is -0.137. The molecule has 0 aliphatic rings. The van der Waals surface area contributed by atoms with E-state index in [1.54, 1.807) is 6.29 Å². The summed E-state index contributed by atoms with van der Waals surface area (Å²) < 4.78 is 36.1. The maximum absolute atomic E-state index is 12.0. The van der Waals surface area contributed by atoms with Crippen molar-refractivity contribution in [3.63, 3.8) is 0 Å². The second kappa shape index (κ2) is 3.60. The first-order valence-corrected chi connectivity index (χ1v) is 3.55. The van der Waals surface area contributed by atoms with Crippen molar-refractivity contribution in [1.29, 1.82) is 0 Å². The zero-order valence-electron chi connectivity index (χ0n) is 6.56. The first-order chi connectivity index (χ1) is 6.04. The molecule has 69 valence electrons. The lowest BCUT2D eigenvalue weighted by atomic mass is 10.1. The molecule has 1 aromatic carbocycles. The van der Waals surface area contributed by atoms with Crippen LogP contribution >= 0.6 is 0 Å². The third kappa shape index (κ3) is 2.57. The van der Waals surface area contributed by atoms with E-state index in [0.29, 0.717) is 5.56 Å². The number of halogens is 3. The maximum atomic E-state index is 12.0. The van der Waals surface area contributed by atoms with Crippen LogP contribution in [0.4, 0.5) is 13.2 Å². The number of hydrogen-bond acceptors (Lipinski definition) is 1. The quantitative estimate of drug-likeness (QED) is 0.694. The van der Waals surface area contributed by atoms with Crippen LogP contribution in [-0.2, 0) is 17.4 Å². The van der Waals surface area contributed by atoms with Crippen LogP contribution in [0, 0.1) is 0 Å². The zero-order valence-corrected chi connectivity index (χ0v) is 6.56. The normalized spacial score (nSPS) is 11.3. The highest BCUT2D eigenvalue weighted by Gasteiger charge is 2.29. The van der Waals surface area contributed by atoms with Crippen molar-refractivity contribution < 1.29 is 18.0 Å². The molecule has 0 saturated carbocycles. The molecule has 1 rings (SSSR count). The summed E-state index contributed by atoms with van der Waals surface area (Å²) in [7, 11) is 0. The molecular weight excluding hydrogens is 181 g/mol. The van der Waals surface area contributed by atoms with E-state index in [1.165, 1.54) is 12.1 Å². The summed E-state index contributed by atoms with van der Waals surface area (Å²) in [5.41, 5.74) is -0.176. The maximum Gasteiger partial charge on any atom is 0.416 e. The minimum Gasteiger partial charge on any atom is -0.291 e. The molecule has 1 aromatic rings. The van der Waals surface area contributed by atoms with Gasteiger partial charge >= 0.3 is 6.18 Å². The van der Waals surface area contributed by atoms with Crippen LogP contribution in [0.25, 0.3) is 0 Å². The van der Waals surface area contributed by atoms with Gasteiger partial charge in [-0.15, -0.1) is 0 Å². The third-order valence-electron chi connectivity index (χ3n) is 1.56. The average Bonchev–Trinajstić information content (AvgIpc) is 2.04. The molecule has 0 aliphatic heterocycles. The molecule has 1 nitrogen and oxygen atoms in total. The molecule has 0 aromatic heterocycles. The van der Waals surface area contributed by atoms with Crippen molar-refractivity contribution in [2.24, 2.45) is 0 Å². The topological polar surface area (TPSA) is 17.1 Å². The van der Waals surface area contributed by atoms with Gasteiger partial charge in [-0.25, -0.2) is 0 Å². The summed E-state index contributed by atoms with van der Waals surface area (Å²) in [6.07, 6.45) is -2.68. The Bertz CT molecular complexity index is 287. The Morgan fingerprint density at radius 1 is 1.15 bits per heavy atom. The minimum absolute atomic E-state index is 0.0259. The van der Waals surface area contributed by atoms with E-state index in [1.807, 2.05) is 0 Å². The van der Waals surface area contributed by atoms with E-state index < -0.39 is 11.7 Å². The zero-order chi connectivity index (χ0) is 9.90. The number of carbonyl (C=O) groups excluding carboxylic acids is 1. The van der Waals surface area contributed by atoms with E-state index in [2.05, 4.69) is 0 Å². The largest absolute Gasteiger partial charge is 0.416 e. The van der Waals surface area contributed by atoms with Gasteiger partial charge in [-0.2, -0.15) is 13.2 Å². The second-order valence-electron chi connectivity index (χ2n) is 2.52. The Morgan fingerprint density at radius 2 is 1.69 bits per heavy atom. The number of benzene rings is 1. The standard InChI is InChI=1S/C9H6F3O/c10-9(11,12)8-3-1-7(2-4-8)5-6-13/h1-4H,5H2. The van der Waals surface area contributed by atoms with E-state index in [4.69, 9.17) is 0 Å². The summed E-state index contributed by atoms with van der Waals surface area (Å²) in [6.45, 7) is 0. The number of hydrogen-bond donors (Lipinski definition) is 0. The third-order valence-corrected chi connectivity index (χ3v) is 1.56. The Kier molecular flexibility index (Phi) is 2.70. The predicted octanol–water partition coefficient (Wildman–Crippen LogP) is 2.36. The lowest BCUT2D eigenvalue weighted by Gasteiger charge is -2.05. The monoisotopic (exact) mass is 187 g/mol. The van der Waals surface area contributed by atoms with Crippen molar-refractivity contribution >= 4 is 6.29 Å². The predicted molar refractivity (Wildman–Crippen MR) is 40.8 cm³/mol. The van der Waals surface area contributed by atoms with E-state index >= 15 is 0 Å². The smallest absolute Gasteiger partial charge is 0.291 e. The van der Waals surface area contributed by atoms with Crippen LogP contribution in [0.3, 0.4) is 0 Å². The Balaban J connectivity index is 2.87. The van der Waals surface area contributed by atoms with Gasteiger partial charge in [-0.1, -0.05) is 12.1 Å². The van der Waals surface area contributed by atoms with Crippen molar-refractivity contribution in [2.45, 2.75) is 12.6 Å². The molecule has 0 saturated heterocycles. The fourth-order valence-electron chi connectivity index (χ4n) is 0.895. The van der Waals surface area contributed by atoms with E-state index in [0.717, 1.165) is 12.1 Å². The van der Waals surface area contributed by atoms with Gasteiger partial charge < -0.3 is 0 Å². The van der Waals surface area contributed by atoms with Crippen LogP contribution in [0.15, 0.2) is 24.3 Å². The van der Waals surface area contributed by atoms with Crippen molar-refractivity contribution in [3.8, 4) is 0 Å².